The number of piperazine rings is 1. The van der Waals surface area contributed by atoms with Crippen molar-refractivity contribution in [2.24, 2.45) is 11.8 Å². The number of carbonyl (C=O) groups is 2. The van der Waals surface area contributed by atoms with Gasteiger partial charge in [-0.3, -0.25) is 9.59 Å². The number of nitrogens with zero attached hydrogens (tertiary/aromatic N) is 1. The van der Waals surface area contributed by atoms with Gasteiger partial charge in [-0.05, 0) is 69.4 Å². The highest BCUT2D eigenvalue weighted by Gasteiger charge is 2.54. The average Bonchev–Trinajstić information content (AvgIpc) is 3.92. The topological polar surface area (TPSA) is 162 Å². The first-order valence-corrected chi connectivity index (χ1v) is 19.6. The summed E-state index contributed by atoms with van der Waals surface area (Å²) >= 11 is 0. The normalized spacial score (nSPS) is 32.0. The minimum atomic E-state index is -1.46. The second-order valence-corrected chi connectivity index (χ2v) is 15.8. The zero-order chi connectivity index (χ0) is 39.6. The van der Waals surface area contributed by atoms with Crippen LogP contribution in [-0.2, 0) is 35.1 Å². The van der Waals surface area contributed by atoms with E-state index in [1.54, 1.807) is 51.3 Å². The van der Waals surface area contributed by atoms with E-state index in [1.165, 1.54) is 12.6 Å². The molecule has 302 valence electrons. The molecule has 0 spiro atoms. The van der Waals surface area contributed by atoms with Crippen molar-refractivity contribution < 1.29 is 43.9 Å². The van der Waals surface area contributed by atoms with Gasteiger partial charge in [0.15, 0.2) is 0 Å². The van der Waals surface area contributed by atoms with E-state index in [9.17, 15) is 24.9 Å². The van der Waals surface area contributed by atoms with Crippen LogP contribution in [0.2, 0.25) is 0 Å². The maximum absolute atomic E-state index is 13.0. The Bertz CT molecular complexity index is 1450. The van der Waals surface area contributed by atoms with Crippen LogP contribution in [0.25, 0.3) is 0 Å². The molecule has 1 aromatic rings. The predicted octanol–water partition coefficient (Wildman–Crippen LogP) is 3.97. The van der Waals surface area contributed by atoms with Crippen LogP contribution in [0.4, 0.5) is 5.69 Å². The number of aliphatic hydroxyl groups is 3. The fraction of sp³-hybridized carbons (Fsp3) is 0.667. The molecule has 3 aliphatic heterocycles. The number of nitrogens with one attached hydrogen (secondary N) is 2. The van der Waals surface area contributed by atoms with E-state index in [-0.39, 0.29) is 49.4 Å². The smallest absolute Gasteiger partial charge is 0.309 e. The van der Waals surface area contributed by atoms with Crippen LogP contribution in [0.5, 0.6) is 0 Å². The molecule has 0 bridgehead atoms. The molecular weight excluding hydrogens is 690 g/mol. The molecule has 12 nitrogen and oxygen atoms in total. The Kier molecular flexibility index (Phi) is 15.9. The van der Waals surface area contributed by atoms with Crippen molar-refractivity contribution in [3.05, 3.63) is 65.8 Å². The summed E-state index contributed by atoms with van der Waals surface area (Å²) in [4.78, 5) is 27.2. The lowest BCUT2D eigenvalue weighted by atomic mass is 9.87. The van der Waals surface area contributed by atoms with E-state index < -0.39 is 47.5 Å². The average molecular weight is 756 g/mol. The summed E-state index contributed by atoms with van der Waals surface area (Å²) in [6.45, 7) is 16.9. The van der Waals surface area contributed by atoms with E-state index >= 15 is 0 Å². The first kappa shape index (κ1) is 43.6. The summed E-state index contributed by atoms with van der Waals surface area (Å²) in [5.74, 6) is -1.36. The highest BCUT2D eigenvalue weighted by molar-refractivity contribution is 5.70. The molecule has 2 saturated heterocycles. The maximum atomic E-state index is 13.0. The summed E-state index contributed by atoms with van der Waals surface area (Å²) in [5, 5.41) is 40.7. The molecule has 11 atom stereocenters. The Morgan fingerprint density at radius 3 is 2.50 bits per heavy atom. The summed E-state index contributed by atoms with van der Waals surface area (Å²) < 4.78 is 23.3. The van der Waals surface area contributed by atoms with Crippen molar-refractivity contribution in [3.8, 4) is 0 Å². The molecule has 4 rings (SSSR count). The van der Waals surface area contributed by atoms with Crippen molar-refractivity contribution in [2.75, 3.05) is 38.2 Å². The molecular formula is C42H65N3O9. The minimum absolute atomic E-state index is 0.0329. The van der Waals surface area contributed by atoms with Gasteiger partial charge < -0.3 is 49.8 Å². The number of esters is 2. The number of hydrogen-bond acceptors (Lipinski definition) is 12. The van der Waals surface area contributed by atoms with Gasteiger partial charge in [0.1, 0.15) is 23.9 Å². The molecule has 0 saturated carbocycles. The lowest BCUT2D eigenvalue weighted by molar-refractivity contribution is -0.157. The minimum Gasteiger partial charge on any atom is -0.457 e. The standard InChI is InChI=1S/C42H65N3O9/c1-9-34(51-8)29(4)38-39(54-38)40(44-26-31-13-15-32(16-14-31)45-23-21-43-22-24-45)42(7,50)19-10-11-27(2)37-28(3)12-17-35(52-30(5)46)41(6,49)20-18-33(47)25-36(48)53-37/h10-17,19,28-29,33-35,37-40,43-44,47,49-50H,9,18,20-26H2,1-8H3/b17-12+,19-10+,27-11+/t28-,29+,33+,34-,35-,37?,38+,39-,40?,41+,42?/m0/s1. The summed E-state index contributed by atoms with van der Waals surface area (Å²) in [6, 6.07) is 8.09. The summed E-state index contributed by atoms with van der Waals surface area (Å²) in [7, 11) is 1.72. The third-order valence-electron chi connectivity index (χ3n) is 11.1. The Morgan fingerprint density at radius 1 is 1.19 bits per heavy atom. The number of allylic oxidation sites excluding steroid dienone is 2. The van der Waals surface area contributed by atoms with Crippen LogP contribution in [0, 0.1) is 11.8 Å². The van der Waals surface area contributed by atoms with Crippen LogP contribution in [0.15, 0.2) is 60.2 Å². The van der Waals surface area contributed by atoms with Gasteiger partial charge >= 0.3 is 11.9 Å². The monoisotopic (exact) mass is 755 g/mol. The van der Waals surface area contributed by atoms with Crippen LogP contribution in [0.1, 0.15) is 79.7 Å². The predicted molar refractivity (Wildman–Crippen MR) is 209 cm³/mol. The van der Waals surface area contributed by atoms with E-state index in [0.29, 0.717) is 12.1 Å². The fourth-order valence-corrected chi connectivity index (χ4v) is 7.65. The second-order valence-electron chi connectivity index (χ2n) is 15.8. The number of methoxy groups -OCH3 is 1. The van der Waals surface area contributed by atoms with Gasteiger partial charge in [-0.25, -0.2) is 0 Å². The van der Waals surface area contributed by atoms with E-state index in [1.807, 2.05) is 13.8 Å². The van der Waals surface area contributed by atoms with Gasteiger partial charge in [0.05, 0.1) is 36.4 Å². The number of epoxide rings is 1. The Balaban J connectivity index is 1.55. The van der Waals surface area contributed by atoms with Crippen molar-refractivity contribution >= 4 is 17.6 Å². The lowest BCUT2D eigenvalue weighted by Gasteiger charge is -2.32. The molecule has 3 unspecified atom stereocenters. The third kappa shape index (κ3) is 12.2. The quantitative estimate of drug-likeness (QED) is 0.0806. The third-order valence-corrected chi connectivity index (χ3v) is 11.1. The van der Waals surface area contributed by atoms with Crippen LogP contribution < -0.4 is 15.5 Å². The number of benzene rings is 1. The molecule has 0 amide bonds. The van der Waals surface area contributed by atoms with Crippen molar-refractivity contribution in [1.29, 1.82) is 0 Å². The van der Waals surface area contributed by atoms with E-state index in [0.717, 1.165) is 38.2 Å². The first-order chi connectivity index (χ1) is 25.6. The molecule has 2 fully saturated rings. The zero-order valence-corrected chi connectivity index (χ0v) is 33.5. The van der Waals surface area contributed by atoms with Crippen LogP contribution in [-0.4, -0.2) is 114 Å². The largest absolute Gasteiger partial charge is 0.457 e. The molecule has 3 aliphatic rings. The number of ether oxygens (including phenoxy) is 4. The SMILES string of the molecule is CC[C@H](OC)[C@@H](C)[C@H]1O[C@@H]1C(NCc1ccc(N2CCNCC2)cc1)C(C)(O)/C=C/C=C(\C)C1OC(=O)C[C@H](O)CC[C@@](C)(O)[C@@H](OC(C)=O)/C=C/[C@@H]1C. The van der Waals surface area contributed by atoms with Crippen molar-refractivity contribution in [1.82, 2.24) is 10.6 Å². The number of rotatable bonds is 14. The molecule has 0 aliphatic carbocycles. The number of cyclic esters (lactones) is 1. The van der Waals surface area contributed by atoms with E-state index in [2.05, 4.69) is 53.6 Å². The Hall–Kier alpha value is -3.10. The lowest BCUT2D eigenvalue weighted by Crippen LogP contribution is -2.52. The summed E-state index contributed by atoms with van der Waals surface area (Å²) in [6.07, 6.45) is 6.48. The van der Waals surface area contributed by atoms with Gasteiger partial charge in [0.2, 0.25) is 0 Å². The first-order valence-electron chi connectivity index (χ1n) is 19.6. The molecule has 12 heteroatoms. The van der Waals surface area contributed by atoms with Gasteiger partial charge in [0, 0.05) is 64.3 Å². The van der Waals surface area contributed by atoms with Crippen molar-refractivity contribution in [3.63, 3.8) is 0 Å². The van der Waals surface area contributed by atoms with E-state index in [4.69, 9.17) is 18.9 Å². The van der Waals surface area contributed by atoms with Gasteiger partial charge in [-0.15, -0.1) is 0 Å². The molecule has 0 radical (unpaired) electrons. The number of hydrogen-bond donors (Lipinski definition) is 5. The Morgan fingerprint density at radius 2 is 1.87 bits per heavy atom. The fourth-order valence-electron chi connectivity index (χ4n) is 7.65. The zero-order valence-electron chi connectivity index (χ0n) is 33.5. The highest BCUT2D eigenvalue weighted by atomic mass is 16.6. The van der Waals surface area contributed by atoms with Crippen molar-refractivity contribution in [2.45, 2.75) is 135 Å². The Labute approximate surface area is 322 Å². The number of anilines is 1. The molecule has 54 heavy (non-hydrogen) atoms. The maximum Gasteiger partial charge on any atom is 0.309 e. The second kappa shape index (κ2) is 19.7. The molecule has 1 aromatic carbocycles. The molecule has 3 heterocycles. The van der Waals surface area contributed by atoms with Gasteiger partial charge in [0.25, 0.3) is 0 Å². The van der Waals surface area contributed by atoms with Crippen LogP contribution in [0.3, 0.4) is 0 Å². The number of carbonyl (C=O) groups excluding carboxylic acids is 2. The van der Waals surface area contributed by atoms with Gasteiger partial charge in [-0.1, -0.05) is 57.2 Å². The molecule has 0 aromatic heterocycles. The number of aliphatic hydroxyl groups excluding tert-OH is 1. The summed E-state index contributed by atoms with van der Waals surface area (Å²) in [5.41, 5.74) is 0.194. The highest BCUT2D eigenvalue weighted by Crippen LogP contribution is 2.39. The molecule has 5 N–H and O–H groups in total. The van der Waals surface area contributed by atoms with Gasteiger partial charge in [-0.2, -0.15) is 0 Å². The van der Waals surface area contributed by atoms with Crippen LogP contribution >= 0.6 is 0 Å².